The van der Waals surface area contributed by atoms with Crippen molar-refractivity contribution < 1.29 is 9.47 Å². The molecule has 0 saturated carbocycles. The van der Waals surface area contributed by atoms with Gasteiger partial charge >= 0.3 is 0 Å². The molecule has 1 saturated heterocycles. The van der Waals surface area contributed by atoms with Gasteiger partial charge in [-0.05, 0) is 18.2 Å². The van der Waals surface area contributed by atoms with Gasteiger partial charge in [0.05, 0.1) is 42.5 Å². The van der Waals surface area contributed by atoms with Gasteiger partial charge in [-0.15, -0.1) is 0 Å². The minimum Gasteiger partial charge on any atom is -0.470 e. The lowest BCUT2D eigenvalue weighted by molar-refractivity contribution is 0.139. The molecule has 0 aliphatic carbocycles. The van der Waals surface area contributed by atoms with Crippen LogP contribution in [0.1, 0.15) is 6.42 Å². The average Bonchev–Trinajstić information content (AvgIpc) is 3.43. The van der Waals surface area contributed by atoms with Crippen molar-refractivity contribution in [2.75, 3.05) is 18.5 Å². The molecule has 1 atom stereocenters. The smallest absolute Gasteiger partial charge is 0.244 e. The second-order valence-corrected chi connectivity index (χ2v) is 6.61. The molecule has 0 radical (unpaired) electrons. The molecule has 0 aromatic carbocycles. The number of rotatable bonds is 5. The molecule has 0 amide bonds. The zero-order valence-corrected chi connectivity index (χ0v) is 15.3. The SMILES string of the molecule is Cn1cc(-n2ccc3nc(Nc4cccnc4)nc(O[C@H]4CCOC4)c32)cn1. The van der Waals surface area contributed by atoms with Gasteiger partial charge in [0, 0.05) is 32.1 Å². The third-order valence-corrected chi connectivity index (χ3v) is 4.55. The van der Waals surface area contributed by atoms with Gasteiger partial charge < -0.3 is 19.4 Å². The van der Waals surface area contributed by atoms with Crippen molar-refractivity contribution in [3.63, 3.8) is 0 Å². The third-order valence-electron chi connectivity index (χ3n) is 4.55. The molecule has 4 aromatic heterocycles. The van der Waals surface area contributed by atoms with Crippen molar-refractivity contribution in [1.29, 1.82) is 0 Å². The Labute approximate surface area is 161 Å². The summed E-state index contributed by atoms with van der Waals surface area (Å²) in [6.45, 7) is 1.26. The largest absolute Gasteiger partial charge is 0.470 e. The van der Waals surface area contributed by atoms with Crippen molar-refractivity contribution in [2.45, 2.75) is 12.5 Å². The maximum atomic E-state index is 6.21. The van der Waals surface area contributed by atoms with Crippen LogP contribution in [-0.2, 0) is 11.8 Å². The third kappa shape index (κ3) is 3.16. The van der Waals surface area contributed by atoms with Gasteiger partial charge in [0.25, 0.3) is 0 Å². The molecule has 28 heavy (non-hydrogen) atoms. The zero-order chi connectivity index (χ0) is 18.9. The Morgan fingerprint density at radius 3 is 2.96 bits per heavy atom. The van der Waals surface area contributed by atoms with E-state index in [4.69, 9.17) is 9.47 Å². The maximum absolute atomic E-state index is 6.21. The lowest BCUT2D eigenvalue weighted by atomic mass is 10.3. The number of aryl methyl sites for hydroxylation is 1. The number of fused-ring (bicyclic) bond motifs is 1. The van der Waals surface area contributed by atoms with Crippen molar-refractivity contribution in [1.82, 2.24) is 29.3 Å². The van der Waals surface area contributed by atoms with Crippen LogP contribution in [0.4, 0.5) is 11.6 Å². The summed E-state index contributed by atoms with van der Waals surface area (Å²) < 4.78 is 15.4. The molecule has 9 nitrogen and oxygen atoms in total. The summed E-state index contributed by atoms with van der Waals surface area (Å²) in [7, 11) is 1.88. The van der Waals surface area contributed by atoms with Gasteiger partial charge in [0.2, 0.25) is 11.8 Å². The molecule has 1 aliphatic heterocycles. The van der Waals surface area contributed by atoms with E-state index in [0.29, 0.717) is 25.0 Å². The lowest BCUT2D eigenvalue weighted by Crippen LogP contribution is -2.17. The van der Waals surface area contributed by atoms with Gasteiger partial charge in [-0.3, -0.25) is 9.67 Å². The first kappa shape index (κ1) is 16.7. The molecule has 0 bridgehead atoms. The van der Waals surface area contributed by atoms with E-state index in [-0.39, 0.29) is 6.10 Å². The second kappa shape index (κ2) is 6.93. The summed E-state index contributed by atoms with van der Waals surface area (Å²) in [5.74, 6) is 0.971. The highest BCUT2D eigenvalue weighted by atomic mass is 16.5. The molecule has 9 heteroatoms. The molecule has 5 rings (SSSR count). The summed E-state index contributed by atoms with van der Waals surface area (Å²) in [5, 5.41) is 7.45. The second-order valence-electron chi connectivity index (χ2n) is 6.61. The van der Waals surface area contributed by atoms with Crippen LogP contribution in [-0.4, -0.2) is 48.6 Å². The Morgan fingerprint density at radius 2 is 2.21 bits per heavy atom. The molecule has 0 unspecified atom stereocenters. The standard InChI is InChI=1S/C19H19N7O2/c1-25-11-14(10-21-25)26-7-4-16-17(26)18(28-15-5-8-27-12-15)24-19(23-16)22-13-3-2-6-20-9-13/h2-4,6-7,9-11,15H,5,8,12H2,1H3,(H,22,23,24)/t15-/m0/s1. The van der Waals surface area contributed by atoms with Crippen molar-refractivity contribution in [3.8, 4) is 11.6 Å². The van der Waals surface area contributed by atoms with Gasteiger partial charge in [-0.25, -0.2) is 4.98 Å². The molecule has 1 aliphatic rings. The Kier molecular flexibility index (Phi) is 4.13. The predicted molar refractivity (Wildman–Crippen MR) is 103 cm³/mol. The first-order chi connectivity index (χ1) is 13.8. The fraction of sp³-hybridized carbons (Fsp3) is 0.263. The Morgan fingerprint density at radius 1 is 1.25 bits per heavy atom. The van der Waals surface area contributed by atoms with E-state index < -0.39 is 0 Å². The van der Waals surface area contributed by atoms with E-state index in [1.165, 1.54) is 0 Å². The van der Waals surface area contributed by atoms with Crippen LogP contribution < -0.4 is 10.1 Å². The van der Waals surface area contributed by atoms with Crippen LogP contribution >= 0.6 is 0 Å². The first-order valence-electron chi connectivity index (χ1n) is 9.06. The fourth-order valence-corrected chi connectivity index (χ4v) is 3.23. The molecular weight excluding hydrogens is 358 g/mol. The molecule has 142 valence electrons. The van der Waals surface area contributed by atoms with E-state index in [9.17, 15) is 0 Å². The van der Waals surface area contributed by atoms with Crippen LogP contribution in [0.2, 0.25) is 0 Å². The monoisotopic (exact) mass is 377 g/mol. The van der Waals surface area contributed by atoms with E-state index >= 15 is 0 Å². The highest BCUT2D eigenvalue weighted by Crippen LogP contribution is 2.30. The zero-order valence-electron chi connectivity index (χ0n) is 15.3. The van der Waals surface area contributed by atoms with Gasteiger partial charge in [-0.1, -0.05) is 0 Å². The van der Waals surface area contributed by atoms with Crippen LogP contribution in [0.25, 0.3) is 16.7 Å². The summed E-state index contributed by atoms with van der Waals surface area (Å²) in [6.07, 6.45) is 9.93. The molecular formula is C19H19N7O2. The summed E-state index contributed by atoms with van der Waals surface area (Å²) in [5.41, 5.74) is 3.31. The minimum absolute atomic E-state index is 0.0263. The molecule has 1 fully saturated rings. The Hall–Kier alpha value is -3.46. The van der Waals surface area contributed by atoms with Crippen LogP contribution in [0.5, 0.6) is 5.88 Å². The first-order valence-corrected chi connectivity index (χ1v) is 9.06. The van der Waals surface area contributed by atoms with Crippen molar-refractivity contribution >= 4 is 22.7 Å². The van der Waals surface area contributed by atoms with Crippen molar-refractivity contribution in [3.05, 3.63) is 49.2 Å². The Bertz CT molecular complexity index is 1100. The van der Waals surface area contributed by atoms with E-state index in [1.54, 1.807) is 23.3 Å². The maximum Gasteiger partial charge on any atom is 0.244 e. The number of nitrogens with one attached hydrogen (secondary N) is 1. The summed E-state index contributed by atoms with van der Waals surface area (Å²) in [4.78, 5) is 13.4. The fourth-order valence-electron chi connectivity index (χ4n) is 3.23. The van der Waals surface area contributed by atoms with E-state index in [2.05, 4.69) is 25.4 Å². The quantitative estimate of drug-likeness (QED) is 0.571. The van der Waals surface area contributed by atoms with Gasteiger partial charge in [0.1, 0.15) is 11.6 Å². The Balaban J connectivity index is 1.60. The van der Waals surface area contributed by atoms with Crippen LogP contribution in [0, 0.1) is 0 Å². The van der Waals surface area contributed by atoms with Gasteiger partial charge in [0.15, 0.2) is 0 Å². The number of anilines is 2. The highest BCUT2D eigenvalue weighted by Gasteiger charge is 2.22. The number of pyridine rings is 1. The van der Waals surface area contributed by atoms with Crippen LogP contribution in [0.15, 0.2) is 49.2 Å². The van der Waals surface area contributed by atoms with E-state index in [0.717, 1.165) is 28.8 Å². The van der Waals surface area contributed by atoms with Crippen LogP contribution in [0.3, 0.4) is 0 Å². The average molecular weight is 377 g/mol. The number of hydrogen-bond acceptors (Lipinski definition) is 7. The number of aromatic nitrogens is 6. The van der Waals surface area contributed by atoms with Crippen molar-refractivity contribution in [2.24, 2.45) is 7.05 Å². The highest BCUT2D eigenvalue weighted by molar-refractivity contribution is 5.84. The number of hydrogen-bond donors (Lipinski definition) is 1. The topological polar surface area (TPSA) is 91.9 Å². The predicted octanol–water partition coefficient (Wildman–Crippen LogP) is 2.46. The summed E-state index contributed by atoms with van der Waals surface area (Å²) >= 11 is 0. The molecule has 4 aromatic rings. The normalized spacial score (nSPS) is 16.5. The lowest BCUT2D eigenvalue weighted by Gasteiger charge is -2.14. The minimum atomic E-state index is -0.0263. The molecule has 1 N–H and O–H groups in total. The van der Waals surface area contributed by atoms with Gasteiger partial charge in [-0.2, -0.15) is 10.1 Å². The number of nitrogens with zero attached hydrogens (tertiary/aromatic N) is 6. The molecule has 5 heterocycles. The number of ether oxygens (including phenoxy) is 2. The van der Waals surface area contributed by atoms with E-state index in [1.807, 2.05) is 42.2 Å². The molecule has 0 spiro atoms. The summed E-state index contributed by atoms with van der Waals surface area (Å²) in [6, 6.07) is 5.70.